The van der Waals surface area contributed by atoms with Gasteiger partial charge in [-0.15, -0.1) is 0 Å². The lowest BCUT2D eigenvalue weighted by Crippen LogP contribution is -2.22. The Morgan fingerprint density at radius 1 is 1.15 bits per heavy atom. The van der Waals surface area contributed by atoms with Gasteiger partial charge in [0.1, 0.15) is 5.71 Å². The van der Waals surface area contributed by atoms with Gasteiger partial charge in [-0.3, -0.25) is 4.79 Å². The number of carbonyl (C=O) groups excluding carboxylic acids is 1. The summed E-state index contributed by atoms with van der Waals surface area (Å²) in [6.45, 7) is 0. The second kappa shape index (κ2) is 6.66. The van der Waals surface area contributed by atoms with E-state index in [-0.39, 0.29) is 5.91 Å². The quantitative estimate of drug-likeness (QED) is 0.587. The van der Waals surface area contributed by atoms with Crippen LogP contribution in [0, 0.1) is 0 Å². The zero-order valence-electron chi connectivity index (χ0n) is 14.2. The van der Waals surface area contributed by atoms with E-state index >= 15 is 0 Å². The summed E-state index contributed by atoms with van der Waals surface area (Å²) in [5.41, 5.74) is 2.94. The number of thiazole rings is 1. The van der Waals surface area contributed by atoms with Crippen LogP contribution in [0.5, 0.6) is 0 Å². The van der Waals surface area contributed by atoms with Crippen LogP contribution in [0.3, 0.4) is 0 Å². The number of aromatic nitrogens is 1. The maximum absolute atomic E-state index is 13.1. The maximum Gasteiger partial charge on any atom is 0.284 e. The molecule has 0 spiro atoms. The van der Waals surface area contributed by atoms with Crippen molar-refractivity contribution in [2.75, 3.05) is 19.1 Å². The Hall–Kier alpha value is -2.51. The third-order valence-corrected chi connectivity index (χ3v) is 5.33. The number of carbonyl (C=O) groups is 1. The molecule has 2 aromatic carbocycles. The normalized spacial score (nSPS) is 15.8. The number of para-hydroxylation sites is 1. The average molecular weight is 427 g/mol. The van der Waals surface area contributed by atoms with Gasteiger partial charge in [-0.25, -0.2) is 4.98 Å². The van der Waals surface area contributed by atoms with Gasteiger partial charge >= 0.3 is 0 Å². The summed E-state index contributed by atoms with van der Waals surface area (Å²) in [7, 11) is 3.78. The minimum absolute atomic E-state index is 0.173. The fourth-order valence-corrected chi connectivity index (χ4v) is 4.03. The molecule has 0 atom stereocenters. The summed E-state index contributed by atoms with van der Waals surface area (Å²) in [6.07, 6.45) is 1.80. The fraction of sp³-hybridized carbons (Fsp3) is 0.105. The molecule has 0 saturated carbocycles. The van der Waals surface area contributed by atoms with Crippen molar-refractivity contribution in [1.82, 2.24) is 9.88 Å². The number of amides is 1. The van der Waals surface area contributed by atoms with Gasteiger partial charge in [0.15, 0.2) is 0 Å². The highest BCUT2D eigenvalue weighted by Crippen LogP contribution is 2.33. The van der Waals surface area contributed by atoms with Crippen molar-refractivity contribution in [1.29, 1.82) is 0 Å². The molecule has 7 heteroatoms. The molecule has 0 fully saturated rings. The van der Waals surface area contributed by atoms with Crippen LogP contribution in [0.25, 0.3) is 10.2 Å². The molecule has 3 aromatic rings. The van der Waals surface area contributed by atoms with Crippen LogP contribution in [0.15, 0.2) is 69.9 Å². The lowest BCUT2D eigenvalue weighted by molar-refractivity contribution is -0.114. The second-order valence-electron chi connectivity index (χ2n) is 6.05. The molecular weight excluding hydrogens is 412 g/mol. The summed E-state index contributed by atoms with van der Waals surface area (Å²) in [5, 5.41) is 6.59. The first-order valence-electron chi connectivity index (χ1n) is 7.96. The zero-order chi connectivity index (χ0) is 18.3. The number of rotatable bonds is 3. The smallest absolute Gasteiger partial charge is 0.284 e. The van der Waals surface area contributed by atoms with Crippen LogP contribution >= 0.6 is 27.3 Å². The molecule has 130 valence electrons. The molecular formula is C19H15BrN4OS. The van der Waals surface area contributed by atoms with Crippen molar-refractivity contribution in [3.05, 3.63) is 70.3 Å². The lowest BCUT2D eigenvalue weighted by Gasteiger charge is -2.09. The van der Waals surface area contributed by atoms with Gasteiger partial charge in [0.2, 0.25) is 5.13 Å². The van der Waals surface area contributed by atoms with E-state index < -0.39 is 0 Å². The monoisotopic (exact) mass is 426 g/mol. The highest BCUT2D eigenvalue weighted by molar-refractivity contribution is 9.10. The van der Waals surface area contributed by atoms with Gasteiger partial charge in [0, 0.05) is 30.3 Å². The third kappa shape index (κ3) is 3.04. The summed E-state index contributed by atoms with van der Waals surface area (Å²) in [4.78, 5) is 19.5. The molecule has 1 aromatic heterocycles. The highest BCUT2D eigenvalue weighted by Gasteiger charge is 2.34. The van der Waals surface area contributed by atoms with Crippen molar-refractivity contribution < 1.29 is 4.79 Å². The number of nitrogens with zero attached hydrogens (tertiary/aromatic N) is 4. The Bertz CT molecular complexity index is 1040. The van der Waals surface area contributed by atoms with E-state index in [2.05, 4.69) is 26.0 Å². The van der Waals surface area contributed by atoms with Gasteiger partial charge in [-0.1, -0.05) is 51.5 Å². The van der Waals surface area contributed by atoms with Crippen molar-refractivity contribution in [3.63, 3.8) is 0 Å². The molecule has 1 aliphatic rings. The van der Waals surface area contributed by atoms with E-state index in [1.165, 1.54) is 16.3 Å². The van der Waals surface area contributed by atoms with E-state index in [9.17, 15) is 4.79 Å². The lowest BCUT2D eigenvalue weighted by atomic mass is 10.0. The summed E-state index contributed by atoms with van der Waals surface area (Å²) in [6, 6.07) is 15.6. The minimum atomic E-state index is -0.173. The van der Waals surface area contributed by atoms with Crippen LogP contribution in [-0.4, -0.2) is 35.6 Å². The molecule has 0 bridgehead atoms. The Balaban J connectivity index is 1.84. The Kier molecular flexibility index (Phi) is 4.34. The summed E-state index contributed by atoms with van der Waals surface area (Å²) in [5.74, 6) is -0.173. The van der Waals surface area contributed by atoms with Crippen LogP contribution in [0.2, 0.25) is 0 Å². The molecule has 26 heavy (non-hydrogen) atoms. The molecule has 0 saturated heterocycles. The Morgan fingerprint density at radius 2 is 1.96 bits per heavy atom. The second-order valence-corrected chi connectivity index (χ2v) is 7.97. The predicted molar refractivity (Wildman–Crippen MR) is 110 cm³/mol. The first kappa shape index (κ1) is 16.9. The van der Waals surface area contributed by atoms with Gasteiger partial charge in [0.05, 0.1) is 15.8 Å². The minimum Gasteiger partial charge on any atom is -0.383 e. The van der Waals surface area contributed by atoms with E-state index in [0.717, 1.165) is 20.3 Å². The SMILES string of the molecule is CN(C)C=C1C(=O)N(c2nc3ccccc3s2)N=C1c1cccc(Br)c1. The van der Waals surface area contributed by atoms with Gasteiger partial charge in [0.25, 0.3) is 5.91 Å². The van der Waals surface area contributed by atoms with Crippen molar-refractivity contribution >= 4 is 54.2 Å². The van der Waals surface area contributed by atoms with E-state index in [4.69, 9.17) is 0 Å². The molecule has 0 unspecified atom stereocenters. The van der Waals surface area contributed by atoms with Crippen molar-refractivity contribution in [3.8, 4) is 0 Å². The van der Waals surface area contributed by atoms with E-state index in [1.54, 1.807) is 6.20 Å². The molecule has 4 rings (SSSR count). The molecule has 1 aliphatic heterocycles. The van der Waals surface area contributed by atoms with Crippen molar-refractivity contribution in [2.24, 2.45) is 5.10 Å². The first-order chi connectivity index (χ1) is 12.5. The number of hydrazone groups is 1. The third-order valence-electron chi connectivity index (χ3n) is 3.83. The molecule has 0 N–H and O–H groups in total. The topological polar surface area (TPSA) is 48.8 Å². The summed E-state index contributed by atoms with van der Waals surface area (Å²) < 4.78 is 1.97. The number of hydrogen-bond donors (Lipinski definition) is 0. The first-order valence-corrected chi connectivity index (χ1v) is 9.57. The number of anilines is 1. The number of halogens is 1. The molecule has 1 amide bonds. The van der Waals surface area contributed by atoms with E-state index in [1.807, 2.05) is 67.5 Å². The summed E-state index contributed by atoms with van der Waals surface area (Å²) >= 11 is 4.94. The van der Waals surface area contributed by atoms with Crippen LogP contribution in [0.4, 0.5) is 5.13 Å². The number of hydrogen-bond acceptors (Lipinski definition) is 5. The molecule has 0 aliphatic carbocycles. The van der Waals surface area contributed by atoms with Crippen LogP contribution in [-0.2, 0) is 4.79 Å². The highest BCUT2D eigenvalue weighted by atomic mass is 79.9. The van der Waals surface area contributed by atoms with Gasteiger partial charge < -0.3 is 4.90 Å². The Labute approximate surface area is 163 Å². The number of fused-ring (bicyclic) bond motifs is 1. The van der Waals surface area contributed by atoms with Gasteiger partial charge in [-0.2, -0.15) is 10.1 Å². The van der Waals surface area contributed by atoms with Gasteiger partial charge in [-0.05, 0) is 24.3 Å². The number of benzene rings is 2. The van der Waals surface area contributed by atoms with Crippen molar-refractivity contribution in [2.45, 2.75) is 0 Å². The maximum atomic E-state index is 13.1. The standard InChI is InChI=1S/C19H15BrN4OS/c1-23(2)11-14-17(12-6-5-7-13(20)10-12)22-24(18(14)25)19-21-15-8-3-4-9-16(15)26-19/h3-11H,1-2H3. The van der Waals surface area contributed by atoms with Crippen LogP contribution in [0.1, 0.15) is 5.56 Å². The van der Waals surface area contributed by atoms with Crippen LogP contribution < -0.4 is 5.01 Å². The average Bonchev–Trinajstić information content (AvgIpc) is 3.16. The molecule has 0 radical (unpaired) electrons. The fourth-order valence-electron chi connectivity index (χ4n) is 2.72. The molecule has 5 nitrogen and oxygen atoms in total. The largest absolute Gasteiger partial charge is 0.383 e. The Morgan fingerprint density at radius 3 is 2.69 bits per heavy atom. The molecule has 2 heterocycles. The zero-order valence-corrected chi connectivity index (χ0v) is 16.6. The van der Waals surface area contributed by atoms with E-state index in [0.29, 0.717) is 16.4 Å². The predicted octanol–water partition coefficient (Wildman–Crippen LogP) is 4.26.